The van der Waals surface area contributed by atoms with Crippen LogP contribution in [0.3, 0.4) is 0 Å². The van der Waals surface area contributed by atoms with E-state index in [4.69, 9.17) is 0 Å². The van der Waals surface area contributed by atoms with E-state index >= 15 is 0 Å². The zero-order valence-electron chi connectivity index (χ0n) is 16.5. The van der Waals surface area contributed by atoms with Crippen LogP contribution in [0, 0.1) is 0 Å². The maximum absolute atomic E-state index is 13.0. The van der Waals surface area contributed by atoms with Gasteiger partial charge in [-0.15, -0.1) is 11.8 Å². The second kappa shape index (κ2) is 9.46. The van der Waals surface area contributed by atoms with Crippen molar-refractivity contribution in [3.63, 3.8) is 0 Å². The van der Waals surface area contributed by atoms with Crippen molar-refractivity contribution in [3.05, 3.63) is 71.8 Å². The summed E-state index contributed by atoms with van der Waals surface area (Å²) in [6.07, 6.45) is 2.06. The van der Waals surface area contributed by atoms with E-state index in [0.717, 1.165) is 32.5 Å². The lowest BCUT2D eigenvalue weighted by Gasteiger charge is -2.34. The molecule has 0 radical (unpaired) electrons. The van der Waals surface area contributed by atoms with Gasteiger partial charge in [0.15, 0.2) is 0 Å². The molecule has 2 aromatic carbocycles. The van der Waals surface area contributed by atoms with Gasteiger partial charge in [-0.3, -0.25) is 14.5 Å². The third-order valence-corrected chi connectivity index (χ3v) is 6.58. The van der Waals surface area contributed by atoms with Gasteiger partial charge in [0.05, 0.1) is 5.88 Å². The summed E-state index contributed by atoms with van der Waals surface area (Å²) in [5, 5.41) is 3.23. The average Bonchev–Trinajstić information content (AvgIpc) is 3.25. The smallest absolute Gasteiger partial charge is 0.255 e. The number of hydrogen-bond donors (Lipinski definition) is 1. The fourth-order valence-electron chi connectivity index (χ4n) is 4.06. The van der Waals surface area contributed by atoms with Gasteiger partial charge >= 0.3 is 0 Å². The normalized spacial score (nSPS) is 22.4. The molecule has 6 heteroatoms. The number of carbonyl (C=O) groups excluding carboxylic acids is 2. The number of amides is 2. The van der Waals surface area contributed by atoms with Crippen LogP contribution in [0.1, 0.15) is 28.8 Å². The Kier molecular flexibility index (Phi) is 6.52. The van der Waals surface area contributed by atoms with Gasteiger partial charge in [-0.05, 0) is 37.1 Å². The van der Waals surface area contributed by atoms with E-state index in [2.05, 4.69) is 34.5 Å². The number of piperidine rings is 1. The largest absolute Gasteiger partial charge is 0.350 e. The molecule has 0 bridgehead atoms. The lowest BCUT2D eigenvalue weighted by atomic mass is 10.0. The van der Waals surface area contributed by atoms with Gasteiger partial charge in [-0.2, -0.15) is 0 Å². The summed E-state index contributed by atoms with van der Waals surface area (Å²) < 4.78 is 0. The highest BCUT2D eigenvalue weighted by Crippen LogP contribution is 2.24. The van der Waals surface area contributed by atoms with Crippen molar-refractivity contribution < 1.29 is 9.59 Å². The molecular weight excluding hydrogens is 382 g/mol. The van der Waals surface area contributed by atoms with E-state index in [9.17, 15) is 9.59 Å². The molecule has 152 valence electrons. The van der Waals surface area contributed by atoms with E-state index in [-0.39, 0.29) is 17.9 Å². The molecule has 2 atom stereocenters. The third kappa shape index (κ3) is 5.00. The monoisotopic (exact) mass is 409 g/mol. The van der Waals surface area contributed by atoms with Crippen LogP contribution < -0.4 is 5.32 Å². The minimum atomic E-state index is -0.391. The predicted molar refractivity (Wildman–Crippen MR) is 117 cm³/mol. The van der Waals surface area contributed by atoms with Crippen molar-refractivity contribution in [2.24, 2.45) is 0 Å². The van der Waals surface area contributed by atoms with Crippen LogP contribution in [0.25, 0.3) is 0 Å². The summed E-state index contributed by atoms with van der Waals surface area (Å²) in [6, 6.07) is 19.4. The van der Waals surface area contributed by atoms with Crippen molar-refractivity contribution in [1.82, 2.24) is 15.1 Å². The minimum Gasteiger partial charge on any atom is -0.350 e. The van der Waals surface area contributed by atoms with E-state index in [1.165, 1.54) is 5.56 Å². The molecule has 2 aliphatic rings. The van der Waals surface area contributed by atoms with Gasteiger partial charge in [-0.25, -0.2) is 0 Å². The predicted octanol–water partition coefficient (Wildman–Crippen LogP) is 2.98. The molecule has 0 spiro atoms. The summed E-state index contributed by atoms with van der Waals surface area (Å²) in [7, 11) is 0. The van der Waals surface area contributed by atoms with E-state index < -0.39 is 6.04 Å². The van der Waals surface area contributed by atoms with Crippen LogP contribution in [0.2, 0.25) is 0 Å². The summed E-state index contributed by atoms with van der Waals surface area (Å²) >= 11 is 1.64. The number of hydrogen-bond acceptors (Lipinski definition) is 4. The zero-order chi connectivity index (χ0) is 20.1. The molecule has 5 nitrogen and oxygen atoms in total. The summed E-state index contributed by atoms with van der Waals surface area (Å²) in [4.78, 5) is 29.9. The molecule has 2 aliphatic heterocycles. The Morgan fingerprint density at radius 3 is 2.52 bits per heavy atom. The van der Waals surface area contributed by atoms with Crippen LogP contribution >= 0.6 is 11.8 Å². The molecule has 2 heterocycles. The number of nitrogens with one attached hydrogen (secondary N) is 1. The first-order valence-electron chi connectivity index (χ1n) is 10.2. The molecule has 2 unspecified atom stereocenters. The van der Waals surface area contributed by atoms with Gasteiger partial charge in [0.2, 0.25) is 5.91 Å². The number of nitrogens with zero attached hydrogens (tertiary/aromatic N) is 2. The second-order valence-corrected chi connectivity index (χ2v) is 8.72. The Bertz CT molecular complexity index is 831. The van der Waals surface area contributed by atoms with Crippen molar-refractivity contribution >= 4 is 23.6 Å². The lowest BCUT2D eigenvalue weighted by Crippen LogP contribution is -2.53. The summed E-state index contributed by atoms with van der Waals surface area (Å²) in [5.74, 6) is 1.14. The number of thioether (sulfide) groups is 1. The average molecular weight is 410 g/mol. The number of rotatable bonds is 5. The first-order valence-corrected chi connectivity index (χ1v) is 11.4. The number of carbonyl (C=O) groups is 2. The Morgan fingerprint density at radius 1 is 1.03 bits per heavy atom. The van der Waals surface area contributed by atoms with Crippen LogP contribution in [-0.2, 0) is 11.3 Å². The highest BCUT2D eigenvalue weighted by atomic mass is 32.2. The second-order valence-electron chi connectivity index (χ2n) is 7.73. The van der Waals surface area contributed by atoms with Crippen LogP contribution in [-0.4, -0.2) is 58.4 Å². The molecule has 1 N–H and O–H groups in total. The molecule has 4 rings (SSSR count). The maximum atomic E-state index is 13.0. The molecule has 2 aromatic rings. The minimum absolute atomic E-state index is 0.0224. The Labute approximate surface area is 176 Å². The molecule has 2 fully saturated rings. The van der Waals surface area contributed by atoms with Gasteiger partial charge in [0, 0.05) is 30.4 Å². The van der Waals surface area contributed by atoms with Crippen molar-refractivity contribution in [1.29, 1.82) is 0 Å². The van der Waals surface area contributed by atoms with E-state index in [1.807, 2.05) is 36.4 Å². The Morgan fingerprint density at radius 2 is 1.76 bits per heavy atom. The van der Waals surface area contributed by atoms with Crippen LogP contribution in [0.15, 0.2) is 60.7 Å². The molecule has 0 saturated carbocycles. The third-order valence-electron chi connectivity index (χ3n) is 5.57. The highest BCUT2D eigenvalue weighted by Gasteiger charge is 2.36. The molecule has 29 heavy (non-hydrogen) atoms. The van der Waals surface area contributed by atoms with Gasteiger partial charge in [-0.1, -0.05) is 48.5 Å². The fourth-order valence-corrected chi connectivity index (χ4v) is 5.22. The molecular formula is C23H27N3O2S. The Balaban J connectivity index is 1.35. The Hall–Kier alpha value is -2.31. The standard InChI is InChI=1S/C23H27N3O2S/c27-22(21-16-29-17-26(21)23(28)19-10-5-2-6-11-19)24-20-12-7-13-25(15-20)14-18-8-3-1-4-9-18/h1-6,8-11,20-21H,7,12-17H2,(H,24,27). The van der Waals surface area contributed by atoms with Crippen LogP contribution in [0.4, 0.5) is 0 Å². The molecule has 0 aliphatic carbocycles. The topological polar surface area (TPSA) is 52.7 Å². The lowest BCUT2D eigenvalue weighted by molar-refractivity contribution is -0.125. The van der Waals surface area contributed by atoms with Gasteiger partial charge < -0.3 is 10.2 Å². The van der Waals surface area contributed by atoms with Gasteiger partial charge in [0.1, 0.15) is 6.04 Å². The summed E-state index contributed by atoms with van der Waals surface area (Å²) in [5.41, 5.74) is 1.94. The zero-order valence-corrected chi connectivity index (χ0v) is 17.3. The first-order chi connectivity index (χ1) is 14.2. The quantitative estimate of drug-likeness (QED) is 0.825. The van der Waals surface area contributed by atoms with E-state index in [1.54, 1.807) is 16.7 Å². The summed E-state index contributed by atoms with van der Waals surface area (Å²) in [6.45, 7) is 2.82. The fraction of sp³-hybridized carbons (Fsp3) is 0.391. The van der Waals surface area contributed by atoms with Gasteiger partial charge in [0.25, 0.3) is 5.91 Å². The SMILES string of the molecule is O=C(NC1CCCN(Cc2ccccc2)C1)C1CSCN1C(=O)c1ccccc1. The van der Waals surface area contributed by atoms with Crippen molar-refractivity contribution in [3.8, 4) is 0 Å². The highest BCUT2D eigenvalue weighted by molar-refractivity contribution is 7.99. The first kappa shape index (κ1) is 20.0. The number of benzene rings is 2. The van der Waals surface area contributed by atoms with Crippen LogP contribution in [0.5, 0.6) is 0 Å². The molecule has 0 aromatic heterocycles. The maximum Gasteiger partial charge on any atom is 0.255 e. The van der Waals surface area contributed by atoms with Crippen molar-refractivity contribution in [2.45, 2.75) is 31.5 Å². The molecule has 2 saturated heterocycles. The van der Waals surface area contributed by atoms with Crippen molar-refractivity contribution in [2.75, 3.05) is 24.7 Å². The number of likely N-dealkylation sites (tertiary alicyclic amines) is 1. The van der Waals surface area contributed by atoms with E-state index in [0.29, 0.717) is 17.2 Å². The molecule has 2 amide bonds.